The standard InChI is InChI=1S/C32H34FNO4/c1-19-13-14-34(17-19)20(2)18-37-25-9-5-22(6-10-25)32-31(26-15-23(35)7-11-28(26)33)30(21-3-4-21)27-16-24(36)8-12-29(27)38-32/h5-12,15-16,19-21,32,35-36H,3-4,13-14,17-18H2,1-2H3/t19-,20+,32?/m1/s1. The smallest absolute Gasteiger partial charge is 0.150 e. The van der Waals surface area contributed by atoms with E-state index < -0.39 is 11.9 Å². The maximum absolute atomic E-state index is 15.3. The molecule has 3 aliphatic rings. The van der Waals surface area contributed by atoms with Gasteiger partial charge >= 0.3 is 0 Å². The number of hydrogen-bond donors (Lipinski definition) is 2. The summed E-state index contributed by atoms with van der Waals surface area (Å²) >= 11 is 0. The molecular formula is C32H34FNO4. The van der Waals surface area contributed by atoms with E-state index in [0.717, 1.165) is 54.3 Å². The molecule has 1 saturated carbocycles. The van der Waals surface area contributed by atoms with Gasteiger partial charge in [-0.25, -0.2) is 4.39 Å². The molecule has 0 bridgehead atoms. The molecule has 198 valence electrons. The molecule has 2 heterocycles. The number of benzene rings is 3. The SMILES string of the molecule is C[C@@H]1CCN([C@@H](C)COc2ccc(C3Oc4ccc(O)cc4C(C4CC4)=C3c3cc(O)ccc3F)cc2)C1. The first-order valence-corrected chi connectivity index (χ1v) is 13.6. The molecule has 1 aliphatic carbocycles. The lowest BCUT2D eigenvalue weighted by Gasteiger charge is -2.32. The molecule has 2 aliphatic heterocycles. The Bertz CT molecular complexity index is 1360. The predicted molar refractivity (Wildman–Crippen MR) is 146 cm³/mol. The number of halogens is 1. The van der Waals surface area contributed by atoms with E-state index in [-0.39, 0.29) is 17.4 Å². The number of rotatable bonds is 7. The van der Waals surface area contributed by atoms with E-state index in [4.69, 9.17) is 9.47 Å². The first-order valence-electron chi connectivity index (χ1n) is 13.6. The number of hydrogen-bond acceptors (Lipinski definition) is 5. The number of allylic oxidation sites excluding steroid dienone is 1. The Balaban J connectivity index is 1.34. The van der Waals surface area contributed by atoms with Crippen molar-refractivity contribution in [2.24, 2.45) is 11.8 Å². The van der Waals surface area contributed by atoms with Crippen molar-refractivity contribution in [1.29, 1.82) is 0 Å². The summed E-state index contributed by atoms with van der Waals surface area (Å²) in [5.41, 5.74) is 3.65. The van der Waals surface area contributed by atoms with Crippen molar-refractivity contribution in [3.05, 3.63) is 83.2 Å². The highest BCUT2D eigenvalue weighted by molar-refractivity contribution is 5.98. The van der Waals surface area contributed by atoms with E-state index in [1.807, 2.05) is 24.3 Å². The Morgan fingerprint density at radius 1 is 0.947 bits per heavy atom. The summed E-state index contributed by atoms with van der Waals surface area (Å²) in [6.07, 6.45) is 2.64. The second-order valence-corrected chi connectivity index (χ2v) is 11.1. The van der Waals surface area contributed by atoms with Crippen LogP contribution in [0.5, 0.6) is 23.0 Å². The first kappa shape index (κ1) is 24.8. The molecule has 0 aromatic heterocycles. The predicted octanol–water partition coefficient (Wildman–Crippen LogP) is 6.80. The van der Waals surface area contributed by atoms with E-state index >= 15 is 4.39 Å². The van der Waals surface area contributed by atoms with Gasteiger partial charge in [-0.1, -0.05) is 19.1 Å². The summed E-state index contributed by atoms with van der Waals surface area (Å²) < 4.78 is 27.9. The Kier molecular flexibility index (Phi) is 6.52. The van der Waals surface area contributed by atoms with Crippen LogP contribution in [0, 0.1) is 17.7 Å². The summed E-state index contributed by atoms with van der Waals surface area (Å²) in [5.74, 6) is 2.14. The van der Waals surface area contributed by atoms with Crippen molar-refractivity contribution in [3.8, 4) is 23.0 Å². The van der Waals surface area contributed by atoms with Gasteiger partial charge in [0.25, 0.3) is 0 Å². The number of phenols is 2. The molecule has 6 heteroatoms. The van der Waals surface area contributed by atoms with Crippen LogP contribution in [0.15, 0.2) is 60.7 Å². The highest BCUT2D eigenvalue weighted by Crippen LogP contribution is 2.56. The molecule has 38 heavy (non-hydrogen) atoms. The number of aromatic hydroxyl groups is 2. The fourth-order valence-corrected chi connectivity index (χ4v) is 5.79. The third-order valence-corrected chi connectivity index (χ3v) is 8.03. The van der Waals surface area contributed by atoms with Crippen molar-refractivity contribution < 1.29 is 24.1 Å². The van der Waals surface area contributed by atoms with Crippen LogP contribution in [0.2, 0.25) is 0 Å². The van der Waals surface area contributed by atoms with Crippen LogP contribution in [-0.2, 0) is 0 Å². The van der Waals surface area contributed by atoms with Crippen LogP contribution in [0.1, 0.15) is 55.9 Å². The maximum Gasteiger partial charge on any atom is 0.150 e. The van der Waals surface area contributed by atoms with Crippen LogP contribution in [0.4, 0.5) is 4.39 Å². The van der Waals surface area contributed by atoms with Gasteiger partial charge in [0.2, 0.25) is 0 Å². The van der Waals surface area contributed by atoms with Crippen LogP contribution in [0.25, 0.3) is 11.1 Å². The van der Waals surface area contributed by atoms with Crippen LogP contribution in [-0.4, -0.2) is 40.9 Å². The van der Waals surface area contributed by atoms with Crippen molar-refractivity contribution in [2.45, 2.75) is 45.3 Å². The Morgan fingerprint density at radius 3 is 2.34 bits per heavy atom. The third-order valence-electron chi connectivity index (χ3n) is 8.03. The molecule has 3 atom stereocenters. The normalized spacial score (nSPS) is 22.2. The first-order chi connectivity index (χ1) is 18.4. The van der Waals surface area contributed by atoms with Gasteiger partial charge in [0.05, 0.1) is 0 Å². The third kappa shape index (κ3) is 4.85. The molecule has 0 amide bonds. The van der Waals surface area contributed by atoms with Crippen molar-refractivity contribution in [1.82, 2.24) is 4.90 Å². The fraction of sp³-hybridized carbons (Fsp3) is 0.375. The minimum Gasteiger partial charge on any atom is -0.508 e. The lowest BCUT2D eigenvalue weighted by Crippen LogP contribution is -2.35. The number of nitrogens with zero attached hydrogens (tertiary/aromatic N) is 1. The Morgan fingerprint density at radius 2 is 1.66 bits per heavy atom. The van der Waals surface area contributed by atoms with Gasteiger partial charge in [0, 0.05) is 29.3 Å². The average molecular weight is 516 g/mol. The maximum atomic E-state index is 15.3. The van der Waals surface area contributed by atoms with Gasteiger partial charge in [-0.2, -0.15) is 0 Å². The quantitative estimate of drug-likeness (QED) is 0.362. The topological polar surface area (TPSA) is 62.2 Å². The number of likely N-dealkylation sites (tertiary alicyclic amines) is 1. The molecule has 0 spiro atoms. The lowest BCUT2D eigenvalue weighted by molar-refractivity contribution is 0.169. The molecule has 2 N–H and O–H groups in total. The number of phenolic OH excluding ortho intramolecular Hbond substituents is 2. The zero-order valence-electron chi connectivity index (χ0n) is 21.9. The van der Waals surface area contributed by atoms with E-state index in [1.54, 1.807) is 18.2 Å². The highest BCUT2D eigenvalue weighted by Gasteiger charge is 2.39. The molecule has 1 unspecified atom stereocenters. The summed E-state index contributed by atoms with van der Waals surface area (Å²) in [4.78, 5) is 2.48. The minimum atomic E-state index is -0.571. The molecule has 0 radical (unpaired) electrons. The number of fused-ring (bicyclic) bond motifs is 1. The van der Waals surface area contributed by atoms with Crippen molar-refractivity contribution in [2.75, 3.05) is 19.7 Å². The summed E-state index contributed by atoms with van der Waals surface area (Å²) in [7, 11) is 0. The largest absolute Gasteiger partial charge is 0.508 e. The van der Waals surface area contributed by atoms with E-state index in [0.29, 0.717) is 29.5 Å². The monoisotopic (exact) mass is 515 g/mol. The van der Waals surface area contributed by atoms with Gasteiger partial charge in [0.15, 0.2) is 0 Å². The second-order valence-electron chi connectivity index (χ2n) is 11.1. The Labute approximate surface area is 223 Å². The Hall–Kier alpha value is -3.51. The molecular weight excluding hydrogens is 481 g/mol. The summed E-state index contributed by atoms with van der Waals surface area (Å²) in [5, 5.41) is 20.5. The van der Waals surface area contributed by atoms with Crippen LogP contribution >= 0.6 is 0 Å². The summed E-state index contributed by atoms with van der Waals surface area (Å²) in [6.45, 7) is 7.35. The van der Waals surface area contributed by atoms with Gasteiger partial charge < -0.3 is 19.7 Å². The van der Waals surface area contributed by atoms with Gasteiger partial charge in [-0.3, -0.25) is 4.90 Å². The fourth-order valence-electron chi connectivity index (χ4n) is 5.79. The average Bonchev–Trinajstić information content (AvgIpc) is 3.66. The second kappa shape index (κ2) is 9.99. The lowest BCUT2D eigenvalue weighted by atomic mass is 9.83. The van der Waals surface area contributed by atoms with E-state index in [9.17, 15) is 10.2 Å². The molecule has 1 saturated heterocycles. The molecule has 5 nitrogen and oxygen atoms in total. The number of ether oxygens (including phenoxy) is 2. The van der Waals surface area contributed by atoms with Crippen molar-refractivity contribution >= 4 is 11.1 Å². The molecule has 2 fully saturated rings. The van der Waals surface area contributed by atoms with Gasteiger partial charge in [0.1, 0.15) is 41.5 Å². The van der Waals surface area contributed by atoms with E-state index in [2.05, 4.69) is 18.7 Å². The molecule has 6 rings (SSSR count). The molecule has 3 aromatic rings. The van der Waals surface area contributed by atoms with Gasteiger partial charge in [-0.05, 0) is 104 Å². The van der Waals surface area contributed by atoms with Gasteiger partial charge in [-0.15, -0.1) is 0 Å². The van der Waals surface area contributed by atoms with Crippen LogP contribution in [0.3, 0.4) is 0 Å². The summed E-state index contributed by atoms with van der Waals surface area (Å²) in [6, 6.07) is 17.4. The molecule has 3 aromatic carbocycles. The highest BCUT2D eigenvalue weighted by atomic mass is 19.1. The van der Waals surface area contributed by atoms with E-state index in [1.165, 1.54) is 24.6 Å². The van der Waals surface area contributed by atoms with Crippen LogP contribution < -0.4 is 9.47 Å². The zero-order chi connectivity index (χ0) is 26.4. The zero-order valence-corrected chi connectivity index (χ0v) is 21.9. The minimum absolute atomic E-state index is 0.00485. The van der Waals surface area contributed by atoms with Crippen molar-refractivity contribution in [3.63, 3.8) is 0 Å².